The number of nitrogens with zero attached hydrogens (tertiary/aromatic N) is 2. The Morgan fingerprint density at radius 1 is 1.27 bits per heavy atom. The van der Waals surface area contributed by atoms with E-state index in [1.165, 1.54) is 31.2 Å². The van der Waals surface area contributed by atoms with E-state index in [0.29, 0.717) is 16.4 Å². The Morgan fingerprint density at radius 2 is 1.82 bits per heavy atom. The minimum atomic E-state index is -4.34. The molecule has 0 N–H and O–H groups in total. The normalized spacial score (nSPS) is 12.4. The summed E-state index contributed by atoms with van der Waals surface area (Å²) in [5.41, 5.74) is -0.515. The average molecular weight is 402 g/mol. The Hall–Kier alpha value is -0.930. The second-order valence-electron chi connectivity index (χ2n) is 4.12. The number of sulfone groups is 1. The van der Waals surface area contributed by atoms with Crippen LogP contribution < -0.4 is 0 Å². The lowest BCUT2D eigenvalue weighted by molar-refractivity contribution is -0.381. The minimum absolute atomic E-state index is 0.221. The number of hydrogen-bond donors (Lipinski definition) is 0. The van der Waals surface area contributed by atoms with Gasteiger partial charge in [-0.15, -0.1) is 0 Å². The first-order valence-corrected chi connectivity index (χ1v) is 9.01. The van der Waals surface area contributed by atoms with Crippen molar-refractivity contribution in [2.45, 2.75) is 15.5 Å². The second-order valence-corrected chi connectivity index (χ2v) is 9.60. The van der Waals surface area contributed by atoms with Gasteiger partial charge in [0.05, 0.1) is 14.8 Å². The maximum atomic E-state index is 12.6. The summed E-state index contributed by atoms with van der Waals surface area (Å²) in [4.78, 5) is 13.9. The van der Waals surface area contributed by atoms with E-state index >= 15 is 0 Å². The molecule has 0 aliphatic carbocycles. The van der Waals surface area contributed by atoms with Crippen LogP contribution in [0.25, 0.3) is 0 Å². The molecule has 11 heteroatoms. The van der Waals surface area contributed by atoms with Gasteiger partial charge in [-0.05, 0) is 42.5 Å². The molecule has 118 valence electrons. The molecule has 2 aromatic rings. The molecule has 0 aliphatic heterocycles. The van der Waals surface area contributed by atoms with Gasteiger partial charge in [-0.3, -0.25) is 10.1 Å². The molecule has 0 bridgehead atoms. The molecule has 0 unspecified atom stereocenters. The molecule has 6 nitrogen and oxygen atoms in total. The topological polar surface area (TPSA) is 90.2 Å². The van der Waals surface area contributed by atoms with Crippen molar-refractivity contribution in [1.29, 1.82) is 0 Å². The van der Waals surface area contributed by atoms with E-state index in [2.05, 4.69) is 4.98 Å². The van der Waals surface area contributed by atoms with E-state index in [-0.39, 0.29) is 9.90 Å². The molecule has 22 heavy (non-hydrogen) atoms. The third kappa shape index (κ3) is 2.93. The molecule has 0 amide bonds. The first-order valence-electron chi connectivity index (χ1n) is 5.57. The molecule has 0 atom stereocenters. The summed E-state index contributed by atoms with van der Waals surface area (Å²) >= 11 is 18.3. The van der Waals surface area contributed by atoms with E-state index in [1.807, 2.05) is 0 Å². The number of hydrogen-bond acceptors (Lipinski definition) is 6. The highest BCUT2D eigenvalue weighted by Crippen LogP contribution is 2.48. The van der Waals surface area contributed by atoms with E-state index < -0.39 is 29.1 Å². The molecule has 1 heterocycles. The zero-order chi connectivity index (χ0) is 16.7. The number of benzene rings is 1. The van der Waals surface area contributed by atoms with E-state index in [0.717, 1.165) is 0 Å². The lowest BCUT2D eigenvalue weighted by atomic mass is 10.4. The maximum absolute atomic E-state index is 12.6. The van der Waals surface area contributed by atoms with Crippen molar-refractivity contribution in [3.05, 3.63) is 50.1 Å². The summed E-state index contributed by atoms with van der Waals surface area (Å²) < 4.78 is 22.6. The number of thiazole rings is 1. The molecule has 0 spiro atoms. The Kier molecular flexibility index (Phi) is 4.70. The highest BCUT2D eigenvalue weighted by molar-refractivity contribution is 7.95. The van der Waals surface area contributed by atoms with Gasteiger partial charge in [0.15, 0.2) is 5.69 Å². The Bertz CT molecular complexity index is 832. The lowest BCUT2D eigenvalue weighted by Gasteiger charge is -2.17. The SMILES string of the molecule is Cc1nc(C(Cl)(Cl)S(=O)(=O)c2ccc(Cl)cc2)c([N+](=O)[O-])s1. The van der Waals surface area contributed by atoms with Gasteiger partial charge in [0, 0.05) is 5.02 Å². The van der Waals surface area contributed by atoms with Crippen molar-refractivity contribution < 1.29 is 13.3 Å². The van der Waals surface area contributed by atoms with Crippen LogP contribution in [0, 0.1) is 17.0 Å². The smallest absolute Gasteiger partial charge is 0.257 e. The predicted octanol–water partition coefficient (Wildman–Crippen LogP) is 4.07. The quantitative estimate of drug-likeness (QED) is 0.437. The number of aryl methyl sites for hydroxylation is 1. The first kappa shape index (κ1) is 17.4. The number of alkyl halides is 2. The van der Waals surface area contributed by atoms with Crippen LogP contribution >= 0.6 is 46.1 Å². The summed E-state index contributed by atoms with van der Waals surface area (Å²) in [6.45, 7) is 1.49. The Labute approximate surface area is 144 Å². The zero-order valence-corrected chi connectivity index (χ0v) is 14.7. The monoisotopic (exact) mass is 400 g/mol. The minimum Gasteiger partial charge on any atom is -0.257 e. The summed E-state index contributed by atoms with van der Waals surface area (Å²) in [7, 11) is -4.34. The van der Waals surface area contributed by atoms with Crippen molar-refractivity contribution in [2.75, 3.05) is 0 Å². The maximum Gasteiger partial charge on any atom is 0.351 e. The van der Waals surface area contributed by atoms with Gasteiger partial charge < -0.3 is 0 Å². The average Bonchev–Trinajstić information content (AvgIpc) is 2.82. The predicted molar refractivity (Wildman–Crippen MR) is 85.5 cm³/mol. The Balaban J connectivity index is 2.63. The fourth-order valence-electron chi connectivity index (χ4n) is 1.62. The summed E-state index contributed by atoms with van der Waals surface area (Å²) in [6, 6.07) is 5.11. The third-order valence-corrected chi connectivity index (χ3v) is 7.13. The molecule has 1 aromatic carbocycles. The van der Waals surface area contributed by atoms with Gasteiger partial charge in [0.25, 0.3) is 3.67 Å². The van der Waals surface area contributed by atoms with Gasteiger partial charge in [0.2, 0.25) is 9.84 Å². The van der Waals surface area contributed by atoms with Gasteiger partial charge in [0.1, 0.15) is 0 Å². The summed E-state index contributed by atoms with van der Waals surface area (Å²) in [5, 5.41) is 11.1. The van der Waals surface area contributed by atoms with Gasteiger partial charge in [-0.1, -0.05) is 34.8 Å². The van der Waals surface area contributed by atoms with Crippen molar-refractivity contribution in [1.82, 2.24) is 4.98 Å². The summed E-state index contributed by atoms with van der Waals surface area (Å²) in [5.74, 6) is 0. The first-order chi connectivity index (χ1) is 10.1. The van der Waals surface area contributed by atoms with Crippen LogP contribution in [-0.4, -0.2) is 18.3 Å². The van der Waals surface area contributed by atoms with Crippen molar-refractivity contribution in [2.24, 2.45) is 0 Å². The molecular formula is C11H7Cl3N2O4S2. The molecule has 1 aromatic heterocycles. The number of halogens is 3. The summed E-state index contributed by atoms with van der Waals surface area (Å²) in [6.07, 6.45) is 0. The molecule has 0 saturated heterocycles. The van der Waals surface area contributed by atoms with Crippen LogP contribution in [0.4, 0.5) is 5.00 Å². The van der Waals surface area contributed by atoms with Crippen LogP contribution in [0.15, 0.2) is 29.2 Å². The molecule has 0 fully saturated rings. The van der Waals surface area contributed by atoms with Crippen molar-refractivity contribution in [3.8, 4) is 0 Å². The second kappa shape index (κ2) is 5.93. The van der Waals surface area contributed by atoms with Crippen LogP contribution in [0.5, 0.6) is 0 Å². The van der Waals surface area contributed by atoms with E-state index in [9.17, 15) is 18.5 Å². The van der Waals surface area contributed by atoms with Crippen LogP contribution in [0.2, 0.25) is 5.02 Å². The third-order valence-electron chi connectivity index (χ3n) is 2.62. The largest absolute Gasteiger partial charge is 0.351 e. The zero-order valence-electron chi connectivity index (χ0n) is 10.8. The molecule has 0 radical (unpaired) electrons. The lowest BCUT2D eigenvalue weighted by Crippen LogP contribution is -2.25. The highest BCUT2D eigenvalue weighted by Gasteiger charge is 2.50. The molecular weight excluding hydrogens is 395 g/mol. The van der Waals surface area contributed by atoms with Gasteiger partial charge in [-0.25, -0.2) is 13.4 Å². The fourth-order valence-corrected chi connectivity index (χ4v) is 4.69. The standard InChI is InChI=1S/C11H7Cl3N2O4S2/c1-6-15-9(10(21-6)16(17)18)11(13,14)22(19,20)8-4-2-7(12)3-5-8/h2-5H,1H3. The Morgan fingerprint density at radius 3 is 2.32 bits per heavy atom. The van der Waals surface area contributed by atoms with Gasteiger partial charge in [-0.2, -0.15) is 0 Å². The van der Waals surface area contributed by atoms with Crippen LogP contribution in [0.3, 0.4) is 0 Å². The van der Waals surface area contributed by atoms with Crippen molar-refractivity contribution in [3.63, 3.8) is 0 Å². The number of aromatic nitrogens is 1. The molecule has 2 rings (SSSR count). The van der Waals surface area contributed by atoms with Crippen molar-refractivity contribution >= 4 is 61.0 Å². The fraction of sp³-hybridized carbons (Fsp3) is 0.182. The van der Waals surface area contributed by atoms with Crippen LogP contribution in [-0.2, 0) is 13.5 Å². The number of nitro groups is 1. The molecule has 0 saturated carbocycles. The highest BCUT2D eigenvalue weighted by atomic mass is 35.5. The van der Waals surface area contributed by atoms with Crippen LogP contribution in [0.1, 0.15) is 10.7 Å². The molecule has 0 aliphatic rings. The number of rotatable bonds is 4. The van der Waals surface area contributed by atoms with E-state index in [4.69, 9.17) is 34.8 Å². The van der Waals surface area contributed by atoms with E-state index in [1.54, 1.807) is 0 Å². The van der Waals surface area contributed by atoms with Gasteiger partial charge >= 0.3 is 5.00 Å².